The molecule has 6 heteroatoms. The maximum Gasteiger partial charge on any atom is 0.333 e. The van der Waals surface area contributed by atoms with E-state index in [4.69, 9.17) is 14.2 Å². The van der Waals surface area contributed by atoms with Crippen LogP contribution >= 0.6 is 11.8 Å². The third kappa shape index (κ3) is 10.9. The van der Waals surface area contributed by atoms with Crippen LogP contribution in [0.1, 0.15) is 27.2 Å². The predicted octanol–water partition coefficient (Wildman–Crippen LogP) is 2.20. The monoisotopic (exact) mass is 304 g/mol. The van der Waals surface area contributed by atoms with Gasteiger partial charge >= 0.3 is 11.9 Å². The molecule has 0 aromatic rings. The first-order chi connectivity index (χ1) is 9.47. The van der Waals surface area contributed by atoms with Gasteiger partial charge in [0.1, 0.15) is 12.7 Å². The topological polar surface area (TPSA) is 61.8 Å². The van der Waals surface area contributed by atoms with Gasteiger partial charge in [0.2, 0.25) is 0 Å². The average Bonchev–Trinajstić information content (AvgIpc) is 2.39. The van der Waals surface area contributed by atoms with E-state index >= 15 is 0 Å². The second-order valence-electron chi connectivity index (χ2n) is 4.24. The van der Waals surface area contributed by atoms with Crippen molar-refractivity contribution in [3.8, 4) is 0 Å². The average molecular weight is 304 g/mol. The molecule has 0 heterocycles. The van der Waals surface area contributed by atoms with Gasteiger partial charge in [0.05, 0.1) is 19.6 Å². The van der Waals surface area contributed by atoms with Crippen molar-refractivity contribution in [3.05, 3.63) is 12.2 Å². The standard InChI is InChI=1S/C14H24O5S/c1-5-20-10-12(4)19-13(15)6-7-17-8-9-18-14(16)11(2)3/h12H,2,5-10H2,1,3-4H3. The fourth-order valence-electron chi connectivity index (χ4n) is 1.18. The van der Waals surface area contributed by atoms with Crippen molar-refractivity contribution >= 4 is 23.7 Å². The zero-order valence-corrected chi connectivity index (χ0v) is 13.3. The highest BCUT2D eigenvalue weighted by molar-refractivity contribution is 7.99. The van der Waals surface area contributed by atoms with Gasteiger partial charge in [-0.15, -0.1) is 0 Å². The van der Waals surface area contributed by atoms with E-state index in [2.05, 4.69) is 13.5 Å². The molecule has 1 atom stereocenters. The lowest BCUT2D eigenvalue weighted by atomic mass is 10.4. The number of rotatable bonds is 11. The molecule has 0 spiro atoms. The number of ether oxygens (including phenoxy) is 3. The zero-order chi connectivity index (χ0) is 15.4. The molecular formula is C14H24O5S. The van der Waals surface area contributed by atoms with Crippen molar-refractivity contribution in [1.29, 1.82) is 0 Å². The molecule has 0 aliphatic rings. The Bertz CT molecular complexity index is 317. The van der Waals surface area contributed by atoms with Crippen LogP contribution in [0.3, 0.4) is 0 Å². The van der Waals surface area contributed by atoms with Crippen LogP contribution in [0.2, 0.25) is 0 Å². The Balaban J connectivity index is 3.48. The summed E-state index contributed by atoms with van der Waals surface area (Å²) in [4.78, 5) is 22.5. The minimum atomic E-state index is -0.435. The van der Waals surface area contributed by atoms with Crippen molar-refractivity contribution in [3.63, 3.8) is 0 Å². The molecule has 20 heavy (non-hydrogen) atoms. The largest absolute Gasteiger partial charge is 0.462 e. The first-order valence-corrected chi connectivity index (χ1v) is 7.80. The number of thioether (sulfide) groups is 1. The van der Waals surface area contributed by atoms with Gasteiger partial charge in [-0.05, 0) is 19.6 Å². The molecular weight excluding hydrogens is 280 g/mol. The minimum Gasteiger partial charge on any atom is -0.462 e. The van der Waals surface area contributed by atoms with Gasteiger partial charge in [-0.2, -0.15) is 11.8 Å². The number of esters is 2. The summed E-state index contributed by atoms with van der Waals surface area (Å²) >= 11 is 1.73. The summed E-state index contributed by atoms with van der Waals surface area (Å²) in [6, 6.07) is 0. The van der Waals surface area contributed by atoms with Crippen molar-refractivity contribution < 1.29 is 23.8 Å². The fourth-order valence-corrected chi connectivity index (χ4v) is 1.81. The summed E-state index contributed by atoms with van der Waals surface area (Å²) in [6.45, 7) is 9.66. The van der Waals surface area contributed by atoms with Gasteiger partial charge in [0.25, 0.3) is 0 Å². The van der Waals surface area contributed by atoms with E-state index in [1.54, 1.807) is 18.7 Å². The van der Waals surface area contributed by atoms with Crippen LogP contribution in [-0.2, 0) is 23.8 Å². The van der Waals surface area contributed by atoms with Gasteiger partial charge in [-0.3, -0.25) is 4.79 Å². The third-order valence-corrected chi connectivity index (χ3v) is 3.26. The Kier molecular flexibility index (Phi) is 11.2. The summed E-state index contributed by atoms with van der Waals surface area (Å²) in [5, 5.41) is 0. The lowest BCUT2D eigenvalue weighted by Crippen LogP contribution is -2.19. The highest BCUT2D eigenvalue weighted by atomic mass is 32.2. The summed E-state index contributed by atoms with van der Waals surface area (Å²) in [7, 11) is 0. The molecule has 0 aromatic carbocycles. The molecule has 0 rings (SSSR count). The summed E-state index contributed by atoms with van der Waals surface area (Å²) in [5.41, 5.74) is 0.354. The van der Waals surface area contributed by atoms with Gasteiger partial charge in [-0.25, -0.2) is 4.79 Å². The molecule has 0 saturated heterocycles. The quantitative estimate of drug-likeness (QED) is 0.331. The molecule has 0 aliphatic heterocycles. The molecule has 116 valence electrons. The van der Waals surface area contributed by atoms with Crippen LogP contribution in [0.25, 0.3) is 0 Å². The molecule has 0 aromatic heterocycles. The van der Waals surface area contributed by atoms with E-state index in [0.717, 1.165) is 11.5 Å². The summed E-state index contributed by atoms with van der Waals surface area (Å²) in [5.74, 6) is 1.11. The zero-order valence-electron chi connectivity index (χ0n) is 12.5. The van der Waals surface area contributed by atoms with E-state index < -0.39 is 5.97 Å². The first-order valence-electron chi connectivity index (χ1n) is 6.65. The molecule has 0 aliphatic carbocycles. The fraction of sp³-hybridized carbons (Fsp3) is 0.714. The highest BCUT2D eigenvalue weighted by Crippen LogP contribution is 2.05. The Morgan fingerprint density at radius 1 is 1.25 bits per heavy atom. The number of carbonyl (C=O) groups is 2. The van der Waals surface area contributed by atoms with Crippen LogP contribution in [-0.4, -0.2) is 49.4 Å². The number of hydrogen-bond acceptors (Lipinski definition) is 6. The maximum absolute atomic E-state index is 11.4. The number of carbonyl (C=O) groups excluding carboxylic acids is 2. The molecule has 0 fully saturated rings. The summed E-state index contributed by atoms with van der Waals surface area (Å²) in [6.07, 6.45) is 0.124. The van der Waals surface area contributed by atoms with Crippen LogP contribution in [0, 0.1) is 0 Å². The molecule has 1 unspecified atom stereocenters. The molecule has 0 N–H and O–H groups in total. The second-order valence-corrected chi connectivity index (χ2v) is 5.56. The minimum absolute atomic E-state index is 0.0797. The van der Waals surface area contributed by atoms with E-state index in [9.17, 15) is 9.59 Å². The molecule has 0 amide bonds. The van der Waals surface area contributed by atoms with E-state index in [1.807, 2.05) is 6.92 Å². The Labute approximate surface area is 125 Å². The lowest BCUT2D eigenvalue weighted by Gasteiger charge is -2.12. The van der Waals surface area contributed by atoms with Gasteiger partial charge < -0.3 is 14.2 Å². The normalized spacial score (nSPS) is 11.8. The van der Waals surface area contributed by atoms with Crippen LogP contribution in [0.5, 0.6) is 0 Å². The highest BCUT2D eigenvalue weighted by Gasteiger charge is 2.09. The van der Waals surface area contributed by atoms with Gasteiger partial charge in [-0.1, -0.05) is 13.5 Å². The SMILES string of the molecule is C=C(C)C(=O)OCCOCCC(=O)OC(C)CSCC. The lowest BCUT2D eigenvalue weighted by molar-refractivity contribution is -0.149. The van der Waals surface area contributed by atoms with E-state index in [-0.39, 0.29) is 38.3 Å². The molecule has 0 bridgehead atoms. The van der Waals surface area contributed by atoms with Crippen LogP contribution < -0.4 is 0 Å². The molecule has 0 radical (unpaired) electrons. The van der Waals surface area contributed by atoms with E-state index in [1.165, 1.54) is 0 Å². The van der Waals surface area contributed by atoms with Crippen LogP contribution in [0.4, 0.5) is 0 Å². The number of hydrogen-bond donors (Lipinski definition) is 0. The maximum atomic E-state index is 11.4. The third-order valence-electron chi connectivity index (χ3n) is 2.15. The van der Waals surface area contributed by atoms with Crippen LogP contribution in [0.15, 0.2) is 12.2 Å². The van der Waals surface area contributed by atoms with E-state index in [0.29, 0.717) is 5.57 Å². The Hall–Kier alpha value is -1.01. The smallest absolute Gasteiger partial charge is 0.333 e. The van der Waals surface area contributed by atoms with Crippen molar-refractivity contribution in [2.75, 3.05) is 31.3 Å². The second kappa shape index (κ2) is 11.8. The predicted molar refractivity (Wildman–Crippen MR) is 79.8 cm³/mol. The Morgan fingerprint density at radius 2 is 1.95 bits per heavy atom. The van der Waals surface area contributed by atoms with Gasteiger partial charge in [0, 0.05) is 11.3 Å². The van der Waals surface area contributed by atoms with Crippen molar-refractivity contribution in [2.45, 2.75) is 33.3 Å². The summed E-state index contributed by atoms with van der Waals surface area (Å²) < 4.78 is 15.2. The molecule has 0 saturated carbocycles. The van der Waals surface area contributed by atoms with Crippen molar-refractivity contribution in [2.24, 2.45) is 0 Å². The molecule has 5 nitrogen and oxygen atoms in total. The first kappa shape index (κ1) is 19.0. The van der Waals surface area contributed by atoms with Crippen molar-refractivity contribution in [1.82, 2.24) is 0 Å². The Morgan fingerprint density at radius 3 is 2.55 bits per heavy atom. The van der Waals surface area contributed by atoms with Gasteiger partial charge in [0.15, 0.2) is 0 Å².